The maximum Gasteiger partial charge on any atom is 0.127 e. The van der Waals surface area contributed by atoms with Crippen LogP contribution >= 0.6 is 0 Å². The molecule has 0 aromatic heterocycles. The normalized spacial score (nSPS) is 16.1. The standard InChI is InChI=1S/C15H19FN2/c1-18(10-12-4-2-3-5-12)11-14-8-13(9-17)6-7-15(14)16/h6-8,12H,2-5,10-11H2,1H3. The lowest BCUT2D eigenvalue weighted by atomic mass is 10.1. The Bertz CT molecular complexity index is 444. The summed E-state index contributed by atoms with van der Waals surface area (Å²) in [5.41, 5.74) is 1.15. The van der Waals surface area contributed by atoms with Crippen LogP contribution in [-0.4, -0.2) is 18.5 Å². The Kier molecular flexibility index (Phi) is 4.33. The van der Waals surface area contributed by atoms with Crippen LogP contribution in [0.15, 0.2) is 18.2 Å². The van der Waals surface area contributed by atoms with E-state index in [1.807, 2.05) is 7.05 Å². The van der Waals surface area contributed by atoms with Crippen LogP contribution in [-0.2, 0) is 6.54 Å². The Labute approximate surface area is 108 Å². The Morgan fingerprint density at radius 2 is 2.11 bits per heavy atom. The van der Waals surface area contributed by atoms with Gasteiger partial charge in [-0.2, -0.15) is 5.26 Å². The Morgan fingerprint density at radius 1 is 1.39 bits per heavy atom. The van der Waals surface area contributed by atoms with Gasteiger partial charge in [0, 0.05) is 18.7 Å². The molecule has 0 unspecified atom stereocenters. The minimum Gasteiger partial charge on any atom is -0.302 e. The highest BCUT2D eigenvalue weighted by Crippen LogP contribution is 2.25. The van der Waals surface area contributed by atoms with Crippen LogP contribution in [0, 0.1) is 23.1 Å². The second-order valence-electron chi connectivity index (χ2n) is 5.27. The Morgan fingerprint density at radius 3 is 2.78 bits per heavy atom. The van der Waals surface area contributed by atoms with Crippen molar-refractivity contribution in [2.45, 2.75) is 32.2 Å². The topological polar surface area (TPSA) is 27.0 Å². The SMILES string of the molecule is CN(Cc1cc(C#N)ccc1F)CC1CCCC1. The van der Waals surface area contributed by atoms with Crippen molar-refractivity contribution in [2.24, 2.45) is 5.92 Å². The van der Waals surface area contributed by atoms with E-state index in [0.717, 1.165) is 12.5 Å². The molecular weight excluding hydrogens is 227 g/mol. The summed E-state index contributed by atoms with van der Waals surface area (Å²) < 4.78 is 13.6. The highest BCUT2D eigenvalue weighted by atomic mass is 19.1. The first-order valence-corrected chi connectivity index (χ1v) is 6.56. The summed E-state index contributed by atoms with van der Waals surface area (Å²) >= 11 is 0. The van der Waals surface area contributed by atoms with E-state index in [4.69, 9.17) is 5.26 Å². The van der Waals surface area contributed by atoms with Gasteiger partial charge in [0.1, 0.15) is 5.82 Å². The van der Waals surface area contributed by atoms with Crippen molar-refractivity contribution in [3.8, 4) is 6.07 Å². The molecule has 0 saturated heterocycles. The molecule has 0 heterocycles. The first-order valence-electron chi connectivity index (χ1n) is 6.56. The molecular formula is C15H19FN2. The number of halogens is 1. The van der Waals surface area contributed by atoms with Gasteiger partial charge in [-0.1, -0.05) is 12.8 Å². The van der Waals surface area contributed by atoms with Crippen molar-refractivity contribution in [1.82, 2.24) is 4.90 Å². The van der Waals surface area contributed by atoms with Crippen LogP contribution in [0.4, 0.5) is 4.39 Å². The van der Waals surface area contributed by atoms with E-state index in [1.165, 1.54) is 37.8 Å². The molecule has 2 rings (SSSR count). The number of nitrogens with zero attached hydrogens (tertiary/aromatic N) is 2. The van der Waals surface area contributed by atoms with Crippen molar-refractivity contribution < 1.29 is 4.39 Å². The van der Waals surface area contributed by atoms with Gasteiger partial charge in [-0.05, 0) is 44.0 Å². The molecule has 18 heavy (non-hydrogen) atoms. The van der Waals surface area contributed by atoms with Gasteiger partial charge < -0.3 is 4.90 Å². The van der Waals surface area contributed by atoms with Gasteiger partial charge in [0.15, 0.2) is 0 Å². The fraction of sp³-hybridized carbons (Fsp3) is 0.533. The van der Waals surface area contributed by atoms with E-state index < -0.39 is 0 Å². The van der Waals surface area contributed by atoms with Gasteiger partial charge in [0.05, 0.1) is 11.6 Å². The maximum atomic E-state index is 13.6. The molecule has 0 amide bonds. The molecule has 0 N–H and O–H groups in total. The molecule has 3 heteroatoms. The molecule has 2 nitrogen and oxygen atoms in total. The first-order chi connectivity index (χ1) is 8.69. The minimum absolute atomic E-state index is 0.215. The van der Waals surface area contributed by atoms with Gasteiger partial charge in [-0.15, -0.1) is 0 Å². The van der Waals surface area contributed by atoms with Gasteiger partial charge in [0.25, 0.3) is 0 Å². The first kappa shape index (κ1) is 13.0. The quantitative estimate of drug-likeness (QED) is 0.815. The predicted molar refractivity (Wildman–Crippen MR) is 69.4 cm³/mol. The van der Waals surface area contributed by atoms with E-state index in [1.54, 1.807) is 6.07 Å². The lowest BCUT2D eigenvalue weighted by Crippen LogP contribution is -2.24. The lowest BCUT2D eigenvalue weighted by molar-refractivity contribution is 0.268. The minimum atomic E-state index is -0.215. The van der Waals surface area contributed by atoms with E-state index >= 15 is 0 Å². The highest BCUT2D eigenvalue weighted by Gasteiger charge is 2.17. The zero-order valence-electron chi connectivity index (χ0n) is 10.8. The summed E-state index contributed by atoms with van der Waals surface area (Å²) in [6, 6.07) is 6.62. The summed E-state index contributed by atoms with van der Waals surface area (Å²) in [5, 5.41) is 8.83. The molecule has 96 valence electrons. The van der Waals surface area contributed by atoms with E-state index in [-0.39, 0.29) is 5.82 Å². The predicted octanol–water partition coefficient (Wildman–Crippen LogP) is 3.32. The van der Waals surface area contributed by atoms with Gasteiger partial charge in [0.2, 0.25) is 0 Å². The highest BCUT2D eigenvalue weighted by molar-refractivity contribution is 5.33. The van der Waals surface area contributed by atoms with E-state index in [2.05, 4.69) is 11.0 Å². The van der Waals surface area contributed by atoms with Gasteiger partial charge in [-0.25, -0.2) is 4.39 Å². The van der Waals surface area contributed by atoms with Crippen LogP contribution in [0.25, 0.3) is 0 Å². The van der Waals surface area contributed by atoms with Crippen LogP contribution < -0.4 is 0 Å². The number of rotatable bonds is 4. The second-order valence-corrected chi connectivity index (χ2v) is 5.27. The second kappa shape index (κ2) is 5.97. The molecule has 0 atom stereocenters. The fourth-order valence-corrected chi connectivity index (χ4v) is 2.75. The monoisotopic (exact) mass is 246 g/mol. The number of hydrogen-bond acceptors (Lipinski definition) is 2. The molecule has 0 bridgehead atoms. The molecule has 0 spiro atoms. The van der Waals surface area contributed by atoms with Crippen LogP contribution in [0.1, 0.15) is 36.8 Å². The Hall–Kier alpha value is -1.40. The average Bonchev–Trinajstić information content (AvgIpc) is 2.84. The molecule has 0 aliphatic heterocycles. The van der Waals surface area contributed by atoms with Gasteiger partial charge in [-0.3, -0.25) is 0 Å². The summed E-state index contributed by atoms with van der Waals surface area (Å²) in [4.78, 5) is 2.16. The number of nitriles is 1. The van der Waals surface area contributed by atoms with E-state index in [0.29, 0.717) is 17.7 Å². The molecule has 1 aliphatic carbocycles. The fourth-order valence-electron chi connectivity index (χ4n) is 2.75. The molecule has 1 aromatic rings. The van der Waals surface area contributed by atoms with Crippen molar-refractivity contribution in [3.63, 3.8) is 0 Å². The van der Waals surface area contributed by atoms with Crippen LogP contribution in [0.2, 0.25) is 0 Å². The smallest absolute Gasteiger partial charge is 0.127 e. The zero-order valence-corrected chi connectivity index (χ0v) is 10.8. The summed E-state index contributed by atoms with van der Waals surface area (Å²) in [6.07, 6.45) is 5.25. The number of benzene rings is 1. The van der Waals surface area contributed by atoms with Crippen molar-refractivity contribution in [3.05, 3.63) is 35.1 Å². The third-order valence-corrected chi connectivity index (χ3v) is 3.66. The molecule has 0 radical (unpaired) electrons. The molecule has 1 aliphatic rings. The summed E-state index contributed by atoms with van der Waals surface area (Å²) in [7, 11) is 2.02. The third-order valence-electron chi connectivity index (χ3n) is 3.66. The summed E-state index contributed by atoms with van der Waals surface area (Å²) in [5.74, 6) is 0.546. The zero-order chi connectivity index (χ0) is 13.0. The maximum absolute atomic E-state index is 13.6. The molecule has 1 saturated carbocycles. The van der Waals surface area contributed by atoms with Crippen LogP contribution in [0.5, 0.6) is 0 Å². The lowest BCUT2D eigenvalue weighted by Gasteiger charge is -2.21. The molecule has 1 fully saturated rings. The van der Waals surface area contributed by atoms with Crippen LogP contribution in [0.3, 0.4) is 0 Å². The summed E-state index contributed by atoms with van der Waals surface area (Å²) in [6.45, 7) is 1.61. The Balaban J connectivity index is 1.97. The van der Waals surface area contributed by atoms with Crippen molar-refractivity contribution in [2.75, 3.05) is 13.6 Å². The van der Waals surface area contributed by atoms with Gasteiger partial charge >= 0.3 is 0 Å². The number of hydrogen-bond donors (Lipinski definition) is 0. The van der Waals surface area contributed by atoms with E-state index in [9.17, 15) is 4.39 Å². The van der Waals surface area contributed by atoms with Crippen molar-refractivity contribution in [1.29, 1.82) is 5.26 Å². The van der Waals surface area contributed by atoms with Crippen molar-refractivity contribution >= 4 is 0 Å². The molecule has 1 aromatic carbocycles. The third kappa shape index (κ3) is 3.30. The largest absolute Gasteiger partial charge is 0.302 e. The average molecular weight is 246 g/mol.